The molecule has 3 heteroatoms. The molecule has 64 valence electrons. The van der Waals surface area contributed by atoms with Crippen LogP contribution in [0.4, 0.5) is 0 Å². The molecule has 3 fully saturated rings. The normalized spacial score (nSPS) is 66.7. The van der Waals surface area contributed by atoms with E-state index in [0.29, 0.717) is 10.00 Å². The second-order valence-electron chi connectivity index (χ2n) is 4.55. The van der Waals surface area contributed by atoms with Crippen molar-refractivity contribution in [1.29, 1.82) is 0 Å². The van der Waals surface area contributed by atoms with Crippen LogP contribution in [-0.2, 0) is 4.74 Å². The summed E-state index contributed by atoms with van der Waals surface area (Å²) in [6.07, 6.45) is 2.36. The van der Waals surface area contributed by atoms with Crippen LogP contribution in [0.2, 0.25) is 0 Å². The summed E-state index contributed by atoms with van der Waals surface area (Å²) in [4.78, 5) is 0. The van der Waals surface area contributed by atoms with Crippen LogP contribution in [0.3, 0.4) is 0 Å². The molecule has 2 aliphatic heterocycles. The van der Waals surface area contributed by atoms with Gasteiger partial charge in [-0.15, -0.1) is 11.8 Å². The van der Waals surface area contributed by atoms with Crippen molar-refractivity contribution in [3.8, 4) is 0 Å². The highest BCUT2D eigenvalue weighted by atomic mass is 32.2. The number of hydrogen-bond donors (Lipinski definition) is 0. The lowest BCUT2D eigenvalue weighted by atomic mass is 9.58. The van der Waals surface area contributed by atoms with E-state index in [1.165, 1.54) is 6.42 Å². The Morgan fingerprint density at radius 1 is 1.67 bits per heavy atom. The summed E-state index contributed by atoms with van der Waals surface area (Å²) in [5.74, 6) is 0.759. The van der Waals surface area contributed by atoms with Crippen LogP contribution in [0.1, 0.15) is 26.7 Å². The van der Waals surface area contributed by atoms with Gasteiger partial charge in [-0.25, -0.2) is 0 Å². The van der Waals surface area contributed by atoms with Crippen molar-refractivity contribution in [3.05, 3.63) is 0 Å². The first-order valence-electron chi connectivity index (χ1n) is 4.72. The van der Waals surface area contributed by atoms with Crippen LogP contribution in [-0.4, -0.2) is 29.4 Å². The van der Waals surface area contributed by atoms with Gasteiger partial charge >= 0.3 is 0 Å². The van der Waals surface area contributed by atoms with Gasteiger partial charge in [-0.3, -0.25) is 0 Å². The summed E-state index contributed by atoms with van der Waals surface area (Å²) in [5, 5.41) is 0.601. The molecule has 2 saturated heterocycles. The lowest BCUT2D eigenvalue weighted by molar-refractivity contribution is -0.112. The molecule has 5 atom stereocenters. The van der Waals surface area contributed by atoms with Crippen molar-refractivity contribution in [3.63, 3.8) is 0 Å². The number of hydrogen-bond acceptors (Lipinski definition) is 2. The van der Waals surface area contributed by atoms with Crippen molar-refractivity contribution in [2.24, 2.45) is 5.92 Å². The summed E-state index contributed by atoms with van der Waals surface area (Å²) < 4.78 is 6.40. The maximum Gasteiger partial charge on any atom is 0.110 e. The smallest absolute Gasteiger partial charge is 0.110 e. The molecule has 0 amide bonds. The van der Waals surface area contributed by atoms with Crippen LogP contribution < -0.4 is 0 Å². The summed E-state index contributed by atoms with van der Waals surface area (Å²) in [6.45, 7) is 4.58. The van der Waals surface area contributed by atoms with Gasteiger partial charge in [-0.2, -0.15) is 0 Å². The Kier molecular flexibility index (Phi) is 1.23. The monoisotopic (exact) mass is 180 g/mol. The van der Waals surface area contributed by atoms with Gasteiger partial charge < -0.3 is 4.74 Å². The maximum absolute atomic E-state index is 5.91. The summed E-state index contributed by atoms with van der Waals surface area (Å²) in [5.41, 5.74) is 0.185. The second kappa shape index (κ2) is 1.90. The van der Waals surface area contributed by atoms with Crippen LogP contribution in [0.15, 0.2) is 0 Å². The predicted octanol–water partition coefficient (Wildman–Crippen LogP) is 1.55. The van der Waals surface area contributed by atoms with Gasteiger partial charge in [-0.1, -0.05) is 6.92 Å². The van der Waals surface area contributed by atoms with E-state index in [-0.39, 0.29) is 11.6 Å². The molecular formula is C9H13BOS. The number of rotatable bonds is 1. The Morgan fingerprint density at radius 2 is 2.42 bits per heavy atom. The lowest BCUT2D eigenvalue weighted by Crippen LogP contribution is -2.69. The van der Waals surface area contributed by atoms with Gasteiger partial charge in [0, 0.05) is 21.9 Å². The first kappa shape index (κ1) is 7.75. The first-order valence-corrected chi connectivity index (χ1v) is 5.60. The molecule has 0 N–H and O–H groups in total. The molecule has 0 bridgehead atoms. The Labute approximate surface area is 79.0 Å². The number of thioether (sulfide) groups is 1. The molecule has 1 saturated carbocycles. The highest BCUT2D eigenvalue weighted by Gasteiger charge is 2.76. The molecule has 0 spiro atoms. The highest BCUT2D eigenvalue weighted by Crippen LogP contribution is 2.74. The minimum atomic E-state index is 0.00975. The largest absolute Gasteiger partial charge is 0.380 e. The van der Waals surface area contributed by atoms with Crippen molar-refractivity contribution in [2.75, 3.05) is 0 Å². The SMILES string of the molecule is [B][C@@H]1O[C@@]2(CC)CC3(C)SC1C32. The molecule has 0 aromatic heterocycles. The van der Waals surface area contributed by atoms with Gasteiger partial charge in [0.15, 0.2) is 0 Å². The van der Waals surface area contributed by atoms with E-state index in [1.54, 1.807) is 0 Å². The molecule has 1 nitrogen and oxygen atoms in total. The summed E-state index contributed by atoms with van der Waals surface area (Å²) in [7, 11) is 5.91. The zero-order chi connectivity index (χ0) is 8.56. The van der Waals surface area contributed by atoms with E-state index < -0.39 is 0 Å². The third-order valence-corrected chi connectivity index (χ3v) is 5.65. The maximum atomic E-state index is 5.91. The molecule has 0 aromatic carbocycles. The van der Waals surface area contributed by atoms with Crippen LogP contribution in [0, 0.1) is 5.92 Å². The number of ether oxygens (including phenoxy) is 1. The van der Waals surface area contributed by atoms with E-state index >= 15 is 0 Å². The molecular weight excluding hydrogens is 167 g/mol. The molecule has 0 aromatic rings. The van der Waals surface area contributed by atoms with Crippen molar-refractivity contribution < 1.29 is 4.74 Å². The van der Waals surface area contributed by atoms with Crippen LogP contribution in [0.25, 0.3) is 0 Å². The average molecular weight is 180 g/mol. The lowest BCUT2D eigenvalue weighted by Gasteiger charge is -2.65. The fourth-order valence-corrected chi connectivity index (χ4v) is 5.55. The molecule has 2 heterocycles. The van der Waals surface area contributed by atoms with Crippen molar-refractivity contribution in [1.82, 2.24) is 0 Å². The fourth-order valence-electron chi connectivity index (χ4n) is 3.45. The molecule has 1 aliphatic carbocycles. The van der Waals surface area contributed by atoms with Gasteiger partial charge in [0.05, 0.1) is 5.60 Å². The average Bonchev–Trinajstić information content (AvgIpc) is 2.09. The second-order valence-corrected chi connectivity index (χ2v) is 6.26. The van der Waals surface area contributed by atoms with E-state index in [2.05, 4.69) is 13.8 Å². The zero-order valence-corrected chi connectivity index (χ0v) is 8.36. The topological polar surface area (TPSA) is 9.23 Å². The Bertz CT molecular complexity index is 243. The molecule has 3 aliphatic rings. The van der Waals surface area contributed by atoms with E-state index in [9.17, 15) is 0 Å². The first-order chi connectivity index (χ1) is 5.61. The van der Waals surface area contributed by atoms with E-state index in [1.807, 2.05) is 11.8 Å². The zero-order valence-electron chi connectivity index (χ0n) is 7.54. The Morgan fingerprint density at radius 3 is 2.92 bits per heavy atom. The minimum absolute atomic E-state index is 0.00975. The van der Waals surface area contributed by atoms with E-state index in [4.69, 9.17) is 12.6 Å². The third kappa shape index (κ3) is 0.588. The minimum Gasteiger partial charge on any atom is -0.380 e. The van der Waals surface area contributed by atoms with Gasteiger partial charge in [-0.05, 0) is 19.8 Å². The molecule has 3 rings (SSSR count). The van der Waals surface area contributed by atoms with Gasteiger partial charge in [0.2, 0.25) is 0 Å². The Balaban J connectivity index is 1.94. The standard InChI is InChI=1S/C9H13BOS/c1-3-9-4-8(2)6(9)5(12-8)7(10)11-9/h5-7H,3-4H2,1-2H3/t5?,6?,7-,8?,9+/m1/s1. The summed E-state index contributed by atoms with van der Waals surface area (Å²) in [6, 6.07) is 0.00975. The quantitative estimate of drug-likeness (QED) is 0.566. The third-order valence-electron chi connectivity index (χ3n) is 3.90. The van der Waals surface area contributed by atoms with Crippen LogP contribution >= 0.6 is 11.8 Å². The van der Waals surface area contributed by atoms with Crippen molar-refractivity contribution >= 4 is 19.6 Å². The molecule has 2 radical (unpaired) electrons. The summed E-state index contributed by atoms with van der Waals surface area (Å²) >= 11 is 2.04. The van der Waals surface area contributed by atoms with E-state index in [0.717, 1.165) is 12.3 Å². The highest BCUT2D eigenvalue weighted by molar-refractivity contribution is 8.03. The van der Waals surface area contributed by atoms with Crippen LogP contribution in [0.5, 0.6) is 0 Å². The molecule has 3 unspecified atom stereocenters. The van der Waals surface area contributed by atoms with Crippen molar-refractivity contribution in [2.45, 2.75) is 48.3 Å². The molecule has 12 heavy (non-hydrogen) atoms. The predicted molar refractivity (Wildman–Crippen MR) is 51.5 cm³/mol. The Hall–Kier alpha value is 0.375. The van der Waals surface area contributed by atoms with Gasteiger partial charge in [0.25, 0.3) is 0 Å². The van der Waals surface area contributed by atoms with Gasteiger partial charge in [0.1, 0.15) is 7.85 Å². The fraction of sp³-hybridized carbons (Fsp3) is 1.00.